The van der Waals surface area contributed by atoms with E-state index in [4.69, 9.17) is 9.47 Å². The maximum atomic E-state index is 11.8. The van der Waals surface area contributed by atoms with Gasteiger partial charge in [-0.2, -0.15) is 4.98 Å². The number of rotatable bonds is 6. The first kappa shape index (κ1) is 19.8. The number of amides is 1. The molecule has 8 heteroatoms. The highest BCUT2D eigenvalue weighted by Crippen LogP contribution is 2.38. The number of anilines is 2. The summed E-state index contributed by atoms with van der Waals surface area (Å²) in [5.74, 6) is 2.42. The van der Waals surface area contributed by atoms with E-state index in [2.05, 4.69) is 20.7 Å². The number of fused-ring (bicyclic) bond motifs is 1. The Bertz CT molecular complexity index is 1010. The van der Waals surface area contributed by atoms with Gasteiger partial charge in [-0.3, -0.25) is 10.1 Å². The molecule has 2 atom stereocenters. The Kier molecular flexibility index (Phi) is 5.56. The van der Waals surface area contributed by atoms with Gasteiger partial charge in [0, 0.05) is 6.42 Å². The van der Waals surface area contributed by atoms with Gasteiger partial charge in [0.05, 0.1) is 26.3 Å². The predicted molar refractivity (Wildman–Crippen MR) is 114 cm³/mol. The minimum absolute atomic E-state index is 0.0365. The maximum absolute atomic E-state index is 11.8. The topological polar surface area (TPSA) is 90.3 Å². The van der Waals surface area contributed by atoms with Crippen molar-refractivity contribution in [3.8, 4) is 11.5 Å². The lowest BCUT2D eigenvalue weighted by molar-refractivity contribution is -0.115. The molecule has 1 amide bonds. The molecule has 30 heavy (non-hydrogen) atoms. The summed E-state index contributed by atoms with van der Waals surface area (Å²) in [6, 6.07) is 15.9. The molecular weight excluding hydrogens is 382 g/mol. The van der Waals surface area contributed by atoms with E-state index >= 15 is 0 Å². The van der Waals surface area contributed by atoms with Gasteiger partial charge in [-0.15, -0.1) is 5.10 Å². The smallest absolute Gasteiger partial charge is 0.250 e. The predicted octanol–water partition coefficient (Wildman–Crippen LogP) is 3.79. The monoisotopic (exact) mass is 407 g/mol. The molecule has 0 saturated carbocycles. The van der Waals surface area contributed by atoms with E-state index in [1.54, 1.807) is 21.1 Å². The molecule has 8 nitrogen and oxygen atoms in total. The van der Waals surface area contributed by atoms with Crippen molar-refractivity contribution in [2.45, 2.75) is 31.8 Å². The number of hydrogen-bond donors (Lipinski definition) is 2. The van der Waals surface area contributed by atoms with E-state index in [0.717, 1.165) is 29.0 Å². The zero-order valence-corrected chi connectivity index (χ0v) is 17.3. The van der Waals surface area contributed by atoms with Gasteiger partial charge in [-0.1, -0.05) is 31.2 Å². The van der Waals surface area contributed by atoms with Crippen LogP contribution in [0.4, 0.5) is 11.9 Å². The highest BCUT2D eigenvalue weighted by atomic mass is 16.5. The lowest BCUT2D eigenvalue weighted by Gasteiger charge is -2.31. The Morgan fingerprint density at radius 2 is 1.67 bits per heavy atom. The molecule has 0 spiro atoms. The van der Waals surface area contributed by atoms with Crippen LogP contribution in [0, 0.1) is 0 Å². The van der Waals surface area contributed by atoms with E-state index in [9.17, 15) is 4.79 Å². The van der Waals surface area contributed by atoms with Gasteiger partial charge < -0.3 is 14.8 Å². The largest absolute Gasteiger partial charge is 0.497 e. The summed E-state index contributed by atoms with van der Waals surface area (Å²) in [5.41, 5.74) is 2.22. The number of nitrogens with one attached hydrogen (secondary N) is 2. The number of hydrogen-bond acceptors (Lipinski definition) is 6. The summed E-state index contributed by atoms with van der Waals surface area (Å²) < 4.78 is 12.4. The summed E-state index contributed by atoms with van der Waals surface area (Å²) in [6.45, 7) is 1.80. The molecular formula is C22H25N5O3. The van der Waals surface area contributed by atoms with Gasteiger partial charge in [-0.25, -0.2) is 4.68 Å². The molecule has 1 aliphatic heterocycles. The van der Waals surface area contributed by atoms with Gasteiger partial charge >= 0.3 is 0 Å². The fourth-order valence-corrected chi connectivity index (χ4v) is 3.60. The Labute approximate surface area is 175 Å². The molecule has 0 saturated heterocycles. The van der Waals surface area contributed by atoms with Crippen LogP contribution in [-0.4, -0.2) is 34.9 Å². The third-order valence-corrected chi connectivity index (χ3v) is 5.28. The minimum Gasteiger partial charge on any atom is -0.497 e. The summed E-state index contributed by atoms with van der Waals surface area (Å²) in [5, 5.41) is 10.8. The summed E-state index contributed by atoms with van der Waals surface area (Å²) >= 11 is 0. The van der Waals surface area contributed by atoms with Crippen LogP contribution < -0.4 is 20.1 Å². The second kappa shape index (κ2) is 8.44. The van der Waals surface area contributed by atoms with Crippen molar-refractivity contribution in [1.82, 2.24) is 14.8 Å². The van der Waals surface area contributed by atoms with Crippen molar-refractivity contribution in [3.05, 3.63) is 59.7 Å². The highest BCUT2D eigenvalue weighted by molar-refractivity contribution is 5.88. The zero-order valence-electron chi connectivity index (χ0n) is 17.3. The van der Waals surface area contributed by atoms with Crippen molar-refractivity contribution in [2.24, 2.45) is 0 Å². The molecule has 0 fully saturated rings. The Balaban J connectivity index is 1.70. The molecule has 0 aliphatic carbocycles. The highest BCUT2D eigenvalue weighted by Gasteiger charge is 2.31. The second-order valence-corrected chi connectivity index (χ2v) is 7.10. The lowest BCUT2D eigenvalue weighted by Crippen LogP contribution is -2.28. The van der Waals surface area contributed by atoms with Crippen LogP contribution in [0.2, 0.25) is 0 Å². The summed E-state index contributed by atoms with van der Waals surface area (Å²) in [7, 11) is 3.31. The van der Waals surface area contributed by atoms with Crippen LogP contribution in [0.3, 0.4) is 0 Å². The third kappa shape index (κ3) is 3.94. The van der Waals surface area contributed by atoms with Crippen molar-refractivity contribution in [1.29, 1.82) is 0 Å². The fraction of sp³-hybridized carbons (Fsp3) is 0.318. The van der Waals surface area contributed by atoms with Gasteiger partial charge in [0.1, 0.15) is 11.5 Å². The normalized spacial score (nSPS) is 17.6. The van der Waals surface area contributed by atoms with Crippen LogP contribution in [0.25, 0.3) is 0 Å². The minimum atomic E-state index is -0.120. The summed E-state index contributed by atoms with van der Waals surface area (Å²) in [6.07, 6.45) is 1.14. The van der Waals surface area contributed by atoms with Gasteiger partial charge in [0.25, 0.3) is 5.95 Å². The molecule has 0 radical (unpaired) electrons. The van der Waals surface area contributed by atoms with E-state index in [-0.39, 0.29) is 18.0 Å². The van der Waals surface area contributed by atoms with Crippen molar-refractivity contribution in [2.75, 3.05) is 24.9 Å². The Morgan fingerprint density at radius 3 is 2.23 bits per heavy atom. The first-order chi connectivity index (χ1) is 14.6. The number of carbonyl (C=O) groups excluding carboxylic acids is 1. The van der Waals surface area contributed by atoms with Crippen molar-refractivity contribution < 1.29 is 14.3 Å². The summed E-state index contributed by atoms with van der Waals surface area (Å²) in [4.78, 5) is 16.3. The SMILES string of the molecule is CCC(=O)Nc1nc2n(n1)C(c1ccc(OC)cc1)CC(c1ccc(OC)cc1)N2. The van der Waals surface area contributed by atoms with Gasteiger partial charge in [0.15, 0.2) is 0 Å². The maximum Gasteiger partial charge on any atom is 0.250 e. The fourth-order valence-electron chi connectivity index (χ4n) is 3.60. The number of aromatic nitrogens is 3. The van der Waals surface area contributed by atoms with Crippen LogP contribution in [0.5, 0.6) is 11.5 Å². The Hall–Kier alpha value is -3.55. The number of carbonyl (C=O) groups is 1. The van der Waals surface area contributed by atoms with Gasteiger partial charge in [-0.05, 0) is 41.8 Å². The number of methoxy groups -OCH3 is 2. The zero-order chi connectivity index (χ0) is 21.1. The Morgan fingerprint density at radius 1 is 1.07 bits per heavy atom. The molecule has 1 aliphatic rings. The molecule has 0 bridgehead atoms. The van der Waals surface area contributed by atoms with E-state index in [0.29, 0.717) is 18.3 Å². The molecule has 2 aromatic carbocycles. The van der Waals surface area contributed by atoms with E-state index < -0.39 is 0 Å². The van der Waals surface area contributed by atoms with Crippen LogP contribution in [0.15, 0.2) is 48.5 Å². The van der Waals surface area contributed by atoms with Crippen molar-refractivity contribution >= 4 is 17.8 Å². The average molecular weight is 407 g/mol. The number of ether oxygens (including phenoxy) is 2. The average Bonchev–Trinajstić information content (AvgIpc) is 3.20. The molecule has 2 N–H and O–H groups in total. The van der Waals surface area contributed by atoms with Crippen molar-refractivity contribution in [3.63, 3.8) is 0 Å². The van der Waals surface area contributed by atoms with E-state index in [1.807, 2.05) is 53.2 Å². The lowest BCUT2D eigenvalue weighted by atomic mass is 9.93. The van der Waals surface area contributed by atoms with Gasteiger partial charge in [0.2, 0.25) is 11.9 Å². The molecule has 2 heterocycles. The number of benzene rings is 2. The molecule has 3 aromatic rings. The molecule has 1 aromatic heterocycles. The standard InChI is InChI=1S/C22H25N5O3/c1-4-20(28)24-21-25-22-23-18(14-5-9-16(29-2)10-6-14)13-19(27(22)26-21)15-7-11-17(30-3)12-8-15/h5-12,18-19H,4,13H2,1-3H3,(H2,23,24,25,26,28). The van der Waals surface area contributed by atoms with Crippen LogP contribution in [-0.2, 0) is 4.79 Å². The second-order valence-electron chi connectivity index (χ2n) is 7.10. The van der Waals surface area contributed by atoms with E-state index in [1.165, 1.54) is 0 Å². The quantitative estimate of drug-likeness (QED) is 0.646. The molecule has 2 unspecified atom stereocenters. The first-order valence-corrected chi connectivity index (χ1v) is 9.92. The third-order valence-electron chi connectivity index (χ3n) is 5.28. The number of nitrogens with zero attached hydrogens (tertiary/aromatic N) is 3. The molecule has 4 rings (SSSR count). The van der Waals surface area contributed by atoms with Crippen LogP contribution >= 0.6 is 0 Å². The van der Waals surface area contributed by atoms with Crippen LogP contribution in [0.1, 0.15) is 43.0 Å². The molecule has 156 valence electrons. The first-order valence-electron chi connectivity index (χ1n) is 9.92.